The molecule has 3 rings (SSSR count). The first-order valence-corrected chi connectivity index (χ1v) is 11.8. The first-order chi connectivity index (χ1) is 14.8. The number of nitrogens with zero attached hydrogens (tertiary/aromatic N) is 1. The maximum Gasteiger partial charge on any atom is 0.242 e. The Labute approximate surface area is 190 Å². The van der Waals surface area contributed by atoms with E-state index in [9.17, 15) is 13.2 Å². The molecule has 8 heteroatoms. The monoisotopic (exact) mass is 499 g/mol. The van der Waals surface area contributed by atoms with Crippen LogP contribution in [0.5, 0.6) is 0 Å². The van der Waals surface area contributed by atoms with Crippen LogP contribution in [0, 0.1) is 6.92 Å². The summed E-state index contributed by atoms with van der Waals surface area (Å²) >= 11 is 3.36. The number of hydrogen-bond donors (Lipinski definition) is 2. The zero-order chi connectivity index (χ0) is 22.3. The molecule has 1 atom stereocenters. The van der Waals surface area contributed by atoms with Crippen molar-refractivity contribution in [2.24, 2.45) is 5.10 Å². The fourth-order valence-electron chi connectivity index (χ4n) is 2.84. The Morgan fingerprint density at radius 1 is 1.00 bits per heavy atom. The molecule has 3 aromatic carbocycles. The number of carbonyl (C=O) groups is 1. The highest BCUT2D eigenvalue weighted by Crippen LogP contribution is 2.21. The van der Waals surface area contributed by atoms with E-state index in [1.54, 1.807) is 48.5 Å². The number of halogens is 1. The Bertz CT molecular complexity index is 1150. The first-order valence-electron chi connectivity index (χ1n) is 9.55. The number of aryl methyl sites for hydroxylation is 1. The summed E-state index contributed by atoms with van der Waals surface area (Å²) in [7, 11) is -3.81. The van der Waals surface area contributed by atoms with E-state index >= 15 is 0 Å². The second kappa shape index (κ2) is 10.5. The molecular weight excluding hydrogens is 478 g/mol. The van der Waals surface area contributed by atoms with Crippen LogP contribution >= 0.6 is 15.9 Å². The first kappa shape index (κ1) is 22.9. The van der Waals surface area contributed by atoms with E-state index < -0.39 is 22.0 Å². The smallest absolute Gasteiger partial charge is 0.242 e. The average Bonchev–Trinajstić information content (AvgIpc) is 2.75. The molecule has 0 aliphatic carbocycles. The standard InChI is InChI=1S/C23H22BrN3O3S/c1-17-7-13-21(14-8-17)31(29,30)27-22(19-5-3-2-4-6-19)15-23(28)26-25-16-18-9-11-20(24)12-10-18/h2-14,16,22,27H,15H2,1H3,(H,26,28)/b25-16-/t22-/m0/s1. The van der Waals surface area contributed by atoms with E-state index in [-0.39, 0.29) is 11.3 Å². The summed E-state index contributed by atoms with van der Waals surface area (Å²) in [6.07, 6.45) is 1.42. The molecule has 2 N–H and O–H groups in total. The van der Waals surface area contributed by atoms with Crippen LogP contribution in [0.2, 0.25) is 0 Å². The summed E-state index contributed by atoms with van der Waals surface area (Å²) in [6, 6.07) is 22.2. The molecule has 0 bridgehead atoms. The summed E-state index contributed by atoms with van der Waals surface area (Å²) in [5.74, 6) is -0.408. The minimum atomic E-state index is -3.81. The quantitative estimate of drug-likeness (QED) is 0.357. The fraction of sp³-hybridized carbons (Fsp3) is 0.130. The third-order valence-corrected chi connectivity index (χ3v) is 6.51. The van der Waals surface area contributed by atoms with Crippen LogP contribution in [0.3, 0.4) is 0 Å². The topological polar surface area (TPSA) is 87.6 Å². The molecular formula is C23H22BrN3O3S. The molecule has 0 aliphatic rings. The van der Waals surface area contributed by atoms with Gasteiger partial charge in [0, 0.05) is 10.9 Å². The summed E-state index contributed by atoms with van der Waals surface area (Å²) in [6.45, 7) is 1.88. The highest BCUT2D eigenvalue weighted by Gasteiger charge is 2.23. The van der Waals surface area contributed by atoms with E-state index in [1.807, 2.05) is 37.3 Å². The number of sulfonamides is 1. The van der Waals surface area contributed by atoms with Gasteiger partial charge in [0.15, 0.2) is 0 Å². The van der Waals surface area contributed by atoms with Crippen LogP contribution in [0.25, 0.3) is 0 Å². The largest absolute Gasteiger partial charge is 0.273 e. The van der Waals surface area contributed by atoms with Crippen molar-refractivity contribution in [3.05, 3.63) is 100 Å². The van der Waals surface area contributed by atoms with Crippen molar-refractivity contribution in [2.45, 2.75) is 24.3 Å². The van der Waals surface area contributed by atoms with Gasteiger partial charge in [0.1, 0.15) is 0 Å². The number of rotatable bonds is 8. The Balaban J connectivity index is 1.72. The van der Waals surface area contributed by atoms with Crippen LogP contribution in [-0.2, 0) is 14.8 Å². The van der Waals surface area contributed by atoms with Gasteiger partial charge in [0.05, 0.1) is 17.2 Å². The lowest BCUT2D eigenvalue weighted by molar-refractivity contribution is -0.121. The molecule has 6 nitrogen and oxygen atoms in total. The predicted molar refractivity (Wildman–Crippen MR) is 125 cm³/mol. The van der Waals surface area contributed by atoms with Crippen molar-refractivity contribution in [3.63, 3.8) is 0 Å². The number of nitrogens with one attached hydrogen (secondary N) is 2. The lowest BCUT2D eigenvalue weighted by Crippen LogP contribution is -2.32. The minimum Gasteiger partial charge on any atom is -0.273 e. The van der Waals surface area contributed by atoms with Gasteiger partial charge in [0.2, 0.25) is 15.9 Å². The van der Waals surface area contributed by atoms with Gasteiger partial charge in [-0.1, -0.05) is 76.1 Å². The number of amides is 1. The molecule has 0 saturated heterocycles. The van der Waals surface area contributed by atoms with Gasteiger partial charge in [-0.25, -0.2) is 18.6 Å². The van der Waals surface area contributed by atoms with E-state index in [4.69, 9.17) is 0 Å². The zero-order valence-corrected chi connectivity index (χ0v) is 19.2. The fourth-order valence-corrected chi connectivity index (χ4v) is 4.33. The zero-order valence-electron chi connectivity index (χ0n) is 16.8. The average molecular weight is 500 g/mol. The maximum absolute atomic E-state index is 12.9. The van der Waals surface area contributed by atoms with Crippen LogP contribution in [0.4, 0.5) is 0 Å². The number of carbonyl (C=O) groups excluding carboxylic acids is 1. The van der Waals surface area contributed by atoms with Gasteiger partial charge < -0.3 is 0 Å². The number of hydrazone groups is 1. The molecule has 0 spiro atoms. The molecule has 31 heavy (non-hydrogen) atoms. The lowest BCUT2D eigenvalue weighted by Gasteiger charge is -2.18. The normalized spacial score (nSPS) is 12.6. The van der Waals surface area contributed by atoms with Crippen molar-refractivity contribution in [1.82, 2.24) is 10.1 Å². The van der Waals surface area contributed by atoms with E-state index in [2.05, 4.69) is 31.2 Å². The van der Waals surface area contributed by atoms with Crippen molar-refractivity contribution < 1.29 is 13.2 Å². The van der Waals surface area contributed by atoms with Crippen molar-refractivity contribution in [2.75, 3.05) is 0 Å². The number of hydrogen-bond acceptors (Lipinski definition) is 4. The minimum absolute atomic E-state index is 0.104. The molecule has 0 fully saturated rings. The Morgan fingerprint density at radius 3 is 2.29 bits per heavy atom. The highest BCUT2D eigenvalue weighted by atomic mass is 79.9. The van der Waals surface area contributed by atoms with Gasteiger partial charge in [-0.3, -0.25) is 4.79 Å². The molecule has 1 amide bonds. The molecule has 0 heterocycles. The van der Waals surface area contributed by atoms with E-state index in [0.717, 1.165) is 15.6 Å². The third-order valence-electron chi connectivity index (χ3n) is 4.49. The van der Waals surface area contributed by atoms with Gasteiger partial charge in [0.25, 0.3) is 0 Å². The molecule has 0 saturated carbocycles. The molecule has 0 aliphatic heterocycles. The van der Waals surface area contributed by atoms with Crippen LogP contribution in [-0.4, -0.2) is 20.5 Å². The second-order valence-electron chi connectivity index (χ2n) is 6.95. The molecule has 0 aromatic heterocycles. The summed E-state index contributed by atoms with van der Waals surface area (Å²) < 4.78 is 29.3. The summed E-state index contributed by atoms with van der Waals surface area (Å²) in [5.41, 5.74) is 4.93. The van der Waals surface area contributed by atoms with Gasteiger partial charge in [-0.15, -0.1) is 0 Å². The van der Waals surface area contributed by atoms with Crippen LogP contribution in [0.1, 0.15) is 29.2 Å². The lowest BCUT2D eigenvalue weighted by atomic mass is 10.0. The summed E-state index contributed by atoms with van der Waals surface area (Å²) in [4.78, 5) is 12.6. The molecule has 3 aromatic rings. The van der Waals surface area contributed by atoms with Gasteiger partial charge >= 0.3 is 0 Å². The van der Waals surface area contributed by atoms with Crippen LogP contribution in [0.15, 0.2) is 93.3 Å². The number of benzene rings is 3. The van der Waals surface area contributed by atoms with Crippen molar-refractivity contribution >= 4 is 38.1 Å². The Kier molecular flexibility index (Phi) is 7.73. The highest BCUT2D eigenvalue weighted by molar-refractivity contribution is 9.10. The van der Waals surface area contributed by atoms with Gasteiger partial charge in [-0.2, -0.15) is 5.10 Å². The predicted octanol–water partition coefficient (Wildman–Crippen LogP) is 4.32. The molecule has 0 radical (unpaired) electrons. The maximum atomic E-state index is 12.9. The van der Waals surface area contributed by atoms with Crippen molar-refractivity contribution in [1.29, 1.82) is 0 Å². The third kappa shape index (κ3) is 6.85. The Hall–Kier alpha value is -2.81. The SMILES string of the molecule is Cc1ccc(S(=O)(=O)N[C@@H](CC(=O)N/N=C\c2ccc(Br)cc2)c2ccccc2)cc1. The van der Waals surface area contributed by atoms with Crippen LogP contribution < -0.4 is 10.1 Å². The van der Waals surface area contributed by atoms with E-state index in [1.165, 1.54) is 6.21 Å². The summed E-state index contributed by atoms with van der Waals surface area (Å²) in [5, 5.41) is 3.97. The second-order valence-corrected chi connectivity index (χ2v) is 9.58. The van der Waals surface area contributed by atoms with Gasteiger partial charge in [-0.05, 0) is 42.3 Å². The Morgan fingerprint density at radius 2 is 1.65 bits per heavy atom. The van der Waals surface area contributed by atoms with Crippen molar-refractivity contribution in [3.8, 4) is 0 Å². The molecule has 0 unspecified atom stereocenters. The molecule has 160 valence electrons. The van der Waals surface area contributed by atoms with E-state index in [0.29, 0.717) is 5.56 Å².